The van der Waals surface area contributed by atoms with Gasteiger partial charge in [-0.05, 0) is 73.2 Å². The number of benzene rings is 3. The van der Waals surface area contributed by atoms with Crippen LogP contribution in [0.4, 0.5) is 15.8 Å². The van der Waals surface area contributed by atoms with Crippen molar-refractivity contribution in [2.24, 2.45) is 5.92 Å². The fourth-order valence-electron chi connectivity index (χ4n) is 5.00. The molecule has 0 radical (unpaired) electrons. The average molecular weight is 483 g/mol. The van der Waals surface area contributed by atoms with Crippen LogP contribution in [-0.2, 0) is 10.0 Å². The highest BCUT2D eigenvalue weighted by molar-refractivity contribution is 7.92. The summed E-state index contributed by atoms with van der Waals surface area (Å²) >= 11 is 6.38. The lowest BCUT2D eigenvalue weighted by atomic mass is 9.77. The van der Waals surface area contributed by atoms with E-state index in [1.54, 1.807) is 30.3 Å². The largest absolute Gasteiger partial charge is 0.378 e. The van der Waals surface area contributed by atoms with E-state index in [4.69, 9.17) is 11.6 Å². The molecule has 0 fully saturated rings. The predicted molar refractivity (Wildman–Crippen MR) is 131 cm³/mol. The van der Waals surface area contributed by atoms with E-state index in [0.29, 0.717) is 16.3 Å². The van der Waals surface area contributed by atoms with E-state index in [1.165, 1.54) is 6.07 Å². The number of para-hydroxylation sites is 1. The Morgan fingerprint density at radius 1 is 1.06 bits per heavy atom. The van der Waals surface area contributed by atoms with E-state index >= 15 is 0 Å². The molecule has 3 aromatic rings. The summed E-state index contributed by atoms with van der Waals surface area (Å²) in [6.07, 6.45) is 4.91. The quantitative estimate of drug-likeness (QED) is 0.405. The van der Waals surface area contributed by atoms with Crippen molar-refractivity contribution in [3.05, 3.63) is 99.8 Å². The molecule has 2 aliphatic rings. The van der Waals surface area contributed by atoms with Gasteiger partial charge in [-0.2, -0.15) is 0 Å². The van der Waals surface area contributed by atoms with Crippen molar-refractivity contribution in [2.75, 3.05) is 10.0 Å². The molecule has 2 N–H and O–H groups in total. The Labute approximate surface area is 198 Å². The number of fused-ring (bicyclic) bond motifs is 3. The molecule has 1 aliphatic carbocycles. The summed E-state index contributed by atoms with van der Waals surface area (Å²) in [4.78, 5) is 0.201. The van der Waals surface area contributed by atoms with Crippen LogP contribution >= 0.6 is 11.6 Å². The summed E-state index contributed by atoms with van der Waals surface area (Å²) in [7, 11) is -3.78. The Balaban J connectivity index is 1.53. The molecule has 0 saturated heterocycles. The summed E-state index contributed by atoms with van der Waals surface area (Å²) in [6, 6.07) is 15.1. The first-order chi connectivity index (χ1) is 15.8. The van der Waals surface area contributed by atoms with Crippen LogP contribution in [0.25, 0.3) is 0 Å². The van der Waals surface area contributed by atoms with Crippen LogP contribution in [0.1, 0.15) is 40.6 Å². The van der Waals surface area contributed by atoms with Crippen LogP contribution in [0.2, 0.25) is 5.02 Å². The lowest BCUT2D eigenvalue weighted by Gasteiger charge is -2.38. The third kappa shape index (κ3) is 3.81. The van der Waals surface area contributed by atoms with E-state index < -0.39 is 10.0 Å². The van der Waals surface area contributed by atoms with Gasteiger partial charge in [-0.15, -0.1) is 0 Å². The van der Waals surface area contributed by atoms with E-state index in [-0.39, 0.29) is 28.6 Å². The zero-order chi connectivity index (χ0) is 23.3. The van der Waals surface area contributed by atoms with Gasteiger partial charge in [0.05, 0.1) is 16.6 Å². The molecule has 33 heavy (non-hydrogen) atoms. The first-order valence-corrected chi connectivity index (χ1v) is 12.7. The first kappa shape index (κ1) is 22.0. The van der Waals surface area contributed by atoms with Gasteiger partial charge >= 0.3 is 0 Å². The van der Waals surface area contributed by atoms with Gasteiger partial charge in [0, 0.05) is 22.2 Å². The normalized spacial score (nSPS) is 21.3. The maximum Gasteiger partial charge on any atom is 0.261 e. The average Bonchev–Trinajstić information content (AvgIpc) is 3.26. The Morgan fingerprint density at radius 2 is 1.79 bits per heavy atom. The van der Waals surface area contributed by atoms with Crippen molar-refractivity contribution in [1.82, 2.24) is 0 Å². The Bertz CT molecular complexity index is 1350. The van der Waals surface area contributed by atoms with Crippen molar-refractivity contribution >= 4 is 33.0 Å². The van der Waals surface area contributed by atoms with Gasteiger partial charge < -0.3 is 5.32 Å². The SMILES string of the molecule is Cc1cccc(C)c1NS(=O)(=O)c1ccc2c(c1)[C@H]1C=CC[C@H]1[C@@H](c1c(F)cccc1Cl)N2. The number of halogens is 2. The number of hydrogen-bond donors (Lipinski definition) is 2. The lowest BCUT2D eigenvalue weighted by molar-refractivity contribution is 0.413. The molecule has 1 aliphatic heterocycles. The van der Waals surface area contributed by atoms with Gasteiger partial charge in [0.25, 0.3) is 10.0 Å². The fourth-order valence-corrected chi connectivity index (χ4v) is 6.52. The second-order valence-corrected chi connectivity index (χ2v) is 10.8. The standard InChI is InChI=1S/C26H24ClFN2O2S/c1-15-6-3-7-16(2)25(15)30-33(31,32)17-12-13-23-20(14-17)18-8-4-9-19(18)26(29-23)24-21(27)10-5-11-22(24)28/h3-8,10-14,18-19,26,29-30H,9H2,1-2H3/t18-,19+,26-/m0/s1. The molecule has 7 heteroatoms. The molecule has 0 unspecified atom stereocenters. The summed E-state index contributed by atoms with van der Waals surface area (Å²) in [5, 5.41) is 3.82. The van der Waals surface area contributed by atoms with Gasteiger partial charge in [-0.25, -0.2) is 12.8 Å². The van der Waals surface area contributed by atoms with Crippen LogP contribution in [0.15, 0.2) is 71.6 Å². The molecule has 0 bridgehead atoms. The van der Waals surface area contributed by atoms with Crippen molar-refractivity contribution in [2.45, 2.75) is 37.1 Å². The maximum absolute atomic E-state index is 14.7. The molecule has 0 amide bonds. The smallest absolute Gasteiger partial charge is 0.261 e. The zero-order valence-electron chi connectivity index (χ0n) is 18.3. The van der Waals surface area contributed by atoms with Gasteiger partial charge in [0.2, 0.25) is 0 Å². The molecule has 3 aromatic carbocycles. The lowest BCUT2D eigenvalue weighted by Crippen LogP contribution is -2.30. The molecule has 0 aromatic heterocycles. The summed E-state index contributed by atoms with van der Waals surface area (Å²) in [6.45, 7) is 3.76. The third-order valence-electron chi connectivity index (χ3n) is 6.67. The highest BCUT2D eigenvalue weighted by atomic mass is 35.5. The van der Waals surface area contributed by atoms with Crippen molar-refractivity contribution < 1.29 is 12.8 Å². The van der Waals surface area contributed by atoms with Crippen LogP contribution in [0, 0.1) is 25.6 Å². The van der Waals surface area contributed by atoms with Crippen molar-refractivity contribution in [3.8, 4) is 0 Å². The molecular formula is C26H24ClFN2O2S. The minimum absolute atomic E-state index is 0.0303. The number of sulfonamides is 1. The molecule has 0 spiro atoms. The van der Waals surface area contributed by atoms with E-state index in [1.807, 2.05) is 32.0 Å². The van der Waals surface area contributed by atoms with Crippen LogP contribution in [0.5, 0.6) is 0 Å². The van der Waals surface area contributed by atoms with Crippen LogP contribution < -0.4 is 10.0 Å². The molecule has 0 saturated carbocycles. The number of anilines is 2. The van der Waals surface area contributed by atoms with Gasteiger partial charge in [-0.1, -0.05) is 48.0 Å². The summed E-state index contributed by atoms with van der Waals surface area (Å²) in [5.41, 5.74) is 4.46. The highest BCUT2D eigenvalue weighted by Gasteiger charge is 2.40. The number of aryl methyl sites for hydroxylation is 2. The fraction of sp³-hybridized carbons (Fsp3) is 0.231. The Kier molecular flexibility index (Phi) is 5.46. The number of nitrogens with one attached hydrogen (secondary N) is 2. The summed E-state index contributed by atoms with van der Waals surface area (Å²) in [5.74, 6) is -0.334. The van der Waals surface area contributed by atoms with Crippen molar-refractivity contribution in [1.29, 1.82) is 0 Å². The first-order valence-electron chi connectivity index (χ1n) is 10.9. The zero-order valence-corrected chi connectivity index (χ0v) is 19.8. The Hall–Kier alpha value is -2.83. The predicted octanol–water partition coefficient (Wildman–Crippen LogP) is 6.72. The molecule has 4 nitrogen and oxygen atoms in total. The second-order valence-electron chi connectivity index (χ2n) is 8.73. The minimum atomic E-state index is -3.78. The second kappa shape index (κ2) is 8.19. The topological polar surface area (TPSA) is 58.2 Å². The van der Waals surface area contributed by atoms with Crippen LogP contribution in [-0.4, -0.2) is 8.42 Å². The van der Waals surface area contributed by atoms with Gasteiger partial charge in [0.15, 0.2) is 0 Å². The summed E-state index contributed by atoms with van der Waals surface area (Å²) < 4.78 is 44.0. The van der Waals surface area contributed by atoms with E-state index in [9.17, 15) is 12.8 Å². The number of hydrogen-bond acceptors (Lipinski definition) is 3. The minimum Gasteiger partial charge on any atom is -0.378 e. The van der Waals surface area contributed by atoms with Crippen molar-refractivity contribution in [3.63, 3.8) is 0 Å². The highest BCUT2D eigenvalue weighted by Crippen LogP contribution is 2.51. The molecule has 5 rings (SSSR count). The number of rotatable bonds is 4. The molecule has 3 atom stereocenters. The van der Waals surface area contributed by atoms with Gasteiger partial charge in [-0.3, -0.25) is 4.72 Å². The van der Waals surface area contributed by atoms with Crippen LogP contribution in [0.3, 0.4) is 0 Å². The molecule has 170 valence electrons. The third-order valence-corrected chi connectivity index (χ3v) is 8.35. The number of allylic oxidation sites excluding steroid dienone is 2. The van der Waals surface area contributed by atoms with E-state index in [0.717, 1.165) is 28.8 Å². The molecular weight excluding hydrogens is 459 g/mol. The maximum atomic E-state index is 14.7. The van der Waals surface area contributed by atoms with Gasteiger partial charge in [0.1, 0.15) is 5.82 Å². The monoisotopic (exact) mass is 482 g/mol. The molecule has 1 heterocycles. The van der Waals surface area contributed by atoms with E-state index in [2.05, 4.69) is 22.2 Å². The Morgan fingerprint density at radius 3 is 2.52 bits per heavy atom.